The Balaban J connectivity index is 0.000000996. The number of benzene rings is 3. The molecule has 228 valence electrons. The molecule has 1 aliphatic heterocycles. The third kappa shape index (κ3) is 5.73. The van der Waals surface area contributed by atoms with Gasteiger partial charge in [0.05, 0.1) is 37.8 Å². The number of pyridine rings is 1. The van der Waals surface area contributed by atoms with Gasteiger partial charge in [-0.3, -0.25) is 0 Å². The van der Waals surface area contributed by atoms with Gasteiger partial charge in [0.15, 0.2) is 59.0 Å². The van der Waals surface area contributed by atoms with Crippen LogP contribution in [0.4, 0.5) is 22.0 Å². The molecule has 0 saturated carbocycles. The second-order valence-corrected chi connectivity index (χ2v) is 9.50. The molecule has 0 fully saturated rings. The van der Waals surface area contributed by atoms with Crippen molar-refractivity contribution in [1.82, 2.24) is 0 Å². The molecule has 0 radical (unpaired) electrons. The number of aryl methyl sites for hydroxylation is 3. The van der Waals surface area contributed by atoms with Crippen LogP contribution in [0, 0.1) is 29.1 Å². The number of aliphatic carboxylic acids is 1. The first kappa shape index (κ1) is 31.3. The van der Waals surface area contributed by atoms with Crippen LogP contribution in [0.3, 0.4) is 0 Å². The van der Waals surface area contributed by atoms with Crippen molar-refractivity contribution < 1.29 is 55.4 Å². The molecule has 1 aliphatic rings. The number of carboxylic acid groups (broad SMARTS) is 1. The summed E-state index contributed by atoms with van der Waals surface area (Å²) in [7, 11) is 4.55. The summed E-state index contributed by atoms with van der Waals surface area (Å²) in [5.74, 6) is -9.63. The zero-order chi connectivity index (χ0) is 31.6. The Morgan fingerprint density at radius 2 is 1.40 bits per heavy atom. The summed E-state index contributed by atoms with van der Waals surface area (Å²) >= 11 is 0. The molecule has 5 rings (SSSR count). The second-order valence-electron chi connectivity index (χ2n) is 9.50. The topological polar surface area (TPSA) is 80.9 Å². The highest BCUT2D eigenvalue weighted by atomic mass is 19.2. The van der Waals surface area contributed by atoms with E-state index in [9.17, 15) is 22.0 Å². The van der Waals surface area contributed by atoms with Crippen LogP contribution in [0.15, 0.2) is 30.5 Å². The average Bonchev–Trinajstić information content (AvgIpc) is 3.00. The SMILES string of the molecule is CC(=O)[O-].CCc1c2[n+](cc3c(OCc4c(F)c(F)c(F)c(F)c4F)c(OC)ccc13)CCc1cc(OC)c(OC)cc1-2. The summed E-state index contributed by atoms with van der Waals surface area (Å²) in [6.07, 6.45) is 3.18. The van der Waals surface area contributed by atoms with Crippen LogP contribution < -0.4 is 28.6 Å². The molecule has 1 aromatic heterocycles. The van der Waals surface area contributed by atoms with Crippen molar-refractivity contribution in [3.05, 3.63) is 76.2 Å². The molecule has 0 N–H and O–H groups in total. The van der Waals surface area contributed by atoms with E-state index in [1.165, 1.54) is 7.11 Å². The van der Waals surface area contributed by atoms with E-state index in [0.29, 0.717) is 36.3 Å². The first-order chi connectivity index (χ1) is 20.5. The van der Waals surface area contributed by atoms with Crippen molar-refractivity contribution in [3.63, 3.8) is 0 Å². The maximum absolute atomic E-state index is 14.3. The highest BCUT2D eigenvalue weighted by molar-refractivity contribution is 5.95. The number of carbonyl (C=O) groups excluding carboxylic acids is 1. The van der Waals surface area contributed by atoms with E-state index < -0.39 is 47.2 Å². The highest BCUT2D eigenvalue weighted by Gasteiger charge is 2.32. The average molecular weight is 606 g/mol. The quantitative estimate of drug-likeness (QED) is 0.128. The van der Waals surface area contributed by atoms with Crippen LogP contribution in [0.2, 0.25) is 0 Å². The lowest BCUT2D eigenvalue weighted by molar-refractivity contribution is -0.686. The summed E-state index contributed by atoms with van der Waals surface area (Å²) in [6, 6.07) is 7.40. The Labute approximate surface area is 244 Å². The fourth-order valence-electron chi connectivity index (χ4n) is 5.16. The minimum atomic E-state index is -2.22. The summed E-state index contributed by atoms with van der Waals surface area (Å²) in [5.41, 5.74) is 2.96. The molecular weight excluding hydrogens is 577 g/mol. The van der Waals surface area contributed by atoms with E-state index >= 15 is 0 Å². The third-order valence-electron chi connectivity index (χ3n) is 7.06. The number of carbonyl (C=O) groups is 1. The number of carboxylic acids is 1. The third-order valence-corrected chi connectivity index (χ3v) is 7.06. The van der Waals surface area contributed by atoms with Crippen molar-refractivity contribution >= 4 is 16.7 Å². The smallest absolute Gasteiger partial charge is 0.216 e. The van der Waals surface area contributed by atoms with E-state index in [2.05, 4.69) is 4.57 Å². The minimum absolute atomic E-state index is 0.127. The molecule has 0 spiro atoms. The zero-order valence-electron chi connectivity index (χ0n) is 24.0. The van der Waals surface area contributed by atoms with Gasteiger partial charge < -0.3 is 28.8 Å². The van der Waals surface area contributed by atoms with Gasteiger partial charge in [0.2, 0.25) is 11.5 Å². The zero-order valence-corrected chi connectivity index (χ0v) is 24.0. The van der Waals surface area contributed by atoms with E-state index in [0.717, 1.165) is 34.7 Å². The number of aromatic nitrogens is 1. The van der Waals surface area contributed by atoms with Gasteiger partial charge in [-0.2, -0.15) is 4.57 Å². The Hall–Kier alpha value is -4.61. The summed E-state index contributed by atoms with van der Waals surface area (Å²) in [6.45, 7) is 2.70. The first-order valence-corrected chi connectivity index (χ1v) is 13.1. The molecule has 0 bridgehead atoms. The van der Waals surface area contributed by atoms with Gasteiger partial charge in [-0.1, -0.05) is 6.92 Å². The summed E-state index contributed by atoms with van der Waals surface area (Å²) in [5, 5.41) is 10.3. The molecule has 3 aromatic carbocycles. The molecule has 12 heteroatoms. The fraction of sp³-hybridized carbons (Fsp3) is 0.290. The van der Waals surface area contributed by atoms with E-state index in [4.69, 9.17) is 28.8 Å². The molecule has 0 saturated heterocycles. The van der Waals surface area contributed by atoms with Crippen LogP contribution in [-0.4, -0.2) is 27.3 Å². The number of methoxy groups -OCH3 is 3. The Bertz CT molecular complexity index is 1690. The summed E-state index contributed by atoms with van der Waals surface area (Å²) in [4.78, 5) is 8.89. The normalized spacial score (nSPS) is 11.7. The maximum atomic E-state index is 14.3. The van der Waals surface area contributed by atoms with Crippen molar-refractivity contribution in [2.45, 2.75) is 39.8 Å². The number of ether oxygens (including phenoxy) is 4. The van der Waals surface area contributed by atoms with Crippen LogP contribution in [-0.2, 0) is 30.8 Å². The standard InChI is InChI=1S/C29H25F5NO4.C2H4O2/c1-5-15-16-6-7-20(36-2)29(39-13-19-23(30)25(32)27(34)26(33)24(19)31)18(16)12-35-9-8-14-10-21(37-3)22(38-4)11-17(14)28(15)35;1-2(3)4/h6-7,10-12H,5,8-9,13H2,1-4H3;1H3,(H,3,4)/q+1;/p-1. The molecule has 2 heterocycles. The lowest BCUT2D eigenvalue weighted by Gasteiger charge is -2.22. The van der Waals surface area contributed by atoms with Crippen molar-refractivity contribution in [2.24, 2.45) is 0 Å². The van der Waals surface area contributed by atoms with Gasteiger partial charge in [0.25, 0.3) is 0 Å². The predicted octanol–water partition coefficient (Wildman–Crippen LogP) is 4.97. The van der Waals surface area contributed by atoms with E-state index in [-0.39, 0.29) is 11.5 Å². The Morgan fingerprint density at radius 3 is 1.95 bits per heavy atom. The van der Waals surface area contributed by atoms with Gasteiger partial charge in [-0.25, -0.2) is 22.0 Å². The minimum Gasteiger partial charge on any atom is -0.550 e. The second kappa shape index (κ2) is 12.7. The number of halogens is 5. The van der Waals surface area contributed by atoms with Gasteiger partial charge in [-0.05, 0) is 43.2 Å². The number of hydrogen-bond donors (Lipinski definition) is 0. The fourth-order valence-corrected chi connectivity index (χ4v) is 5.16. The summed E-state index contributed by atoms with van der Waals surface area (Å²) < 4.78 is 94.0. The number of nitrogens with zero attached hydrogens (tertiary/aromatic N) is 1. The molecule has 0 aliphatic carbocycles. The monoisotopic (exact) mass is 605 g/mol. The van der Waals surface area contributed by atoms with Gasteiger partial charge in [0, 0.05) is 23.3 Å². The van der Waals surface area contributed by atoms with Crippen LogP contribution in [0.1, 0.15) is 30.5 Å². The van der Waals surface area contributed by atoms with Crippen LogP contribution in [0.25, 0.3) is 22.0 Å². The van der Waals surface area contributed by atoms with E-state index in [1.54, 1.807) is 20.3 Å². The van der Waals surface area contributed by atoms with Crippen LogP contribution >= 0.6 is 0 Å². The maximum Gasteiger partial charge on any atom is 0.216 e. The molecule has 0 unspecified atom stereocenters. The molecule has 0 atom stereocenters. The van der Waals surface area contributed by atoms with Gasteiger partial charge >= 0.3 is 0 Å². The van der Waals surface area contributed by atoms with Crippen LogP contribution in [0.5, 0.6) is 23.0 Å². The lowest BCUT2D eigenvalue weighted by Crippen LogP contribution is -2.41. The first-order valence-electron chi connectivity index (χ1n) is 13.1. The Kier molecular flexibility index (Phi) is 9.27. The molecule has 0 amide bonds. The predicted molar refractivity (Wildman–Crippen MR) is 144 cm³/mol. The number of hydrogen-bond acceptors (Lipinski definition) is 6. The molecule has 7 nitrogen and oxygen atoms in total. The van der Waals surface area contributed by atoms with Crippen molar-refractivity contribution in [2.75, 3.05) is 21.3 Å². The Morgan fingerprint density at radius 1 is 0.837 bits per heavy atom. The lowest BCUT2D eigenvalue weighted by atomic mass is 9.90. The van der Waals surface area contributed by atoms with Crippen molar-refractivity contribution in [3.8, 4) is 34.3 Å². The van der Waals surface area contributed by atoms with Gasteiger partial charge in [0.1, 0.15) is 6.61 Å². The molecule has 4 aromatic rings. The number of fused-ring (bicyclic) bond motifs is 4. The highest BCUT2D eigenvalue weighted by Crippen LogP contribution is 2.43. The number of rotatable bonds is 7. The molecular formula is C31H28F5NO6. The molecule has 43 heavy (non-hydrogen) atoms. The van der Waals surface area contributed by atoms with Gasteiger partial charge in [-0.15, -0.1) is 0 Å². The van der Waals surface area contributed by atoms with Crippen molar-refractivity contribution in [1.29, 1.82) is 0 Å². The van der Waals surface area contributed by atoms with E-state index in [1.807, 2.05) is 31.3 Å². The largest absolute Gasteiger partial charge is 0.550 e.